The van der Waals surface area contributed by atoms with Gasteiger partial charge >= 0.3 is 16.5 Å². The number of ether oxygens (including phenoxy) is 6. The third kappa shape index (κ3) is 7.27. The molecule has 6 aromatic carbocycles. The van der Waals surface area contributed by atoms with Crippen LogP contribution < -0.4 is 37.5 Å². The van der Waals surface area contributed by atoms with Gasteiger partial charge in [0.1, 0.15) is 70.0 Å². The van der Waals surface area contributed by atoms with Crippen LogP contribution in [0.15, 0.2) is 89.6 Å². The Morgan fingerprint density at radius 3 is 0.952 bits per heavy atom. The van der Waals surface area contributed by atoms with E-state index in [1.807, 2.05) is 114 Å². The van der Waals surface area contributed by atoms with Gasteiger partial charge in [0.15, 0.2) is 11.5 Å². The lowest BCUT2D eigenvalue weighted by Gasteiger charge is -2.24. The molecule has 1 aliphatic rings. The number of fused-ring (bicyclic) bond motifs is 9. The van der Waals surface area contributed by atoms with Gasteiger partial charge in [0.05, 0.1) is 39.6 Å². The Morgan fingerprint density at radius 2 is 0.677 bits per heavy atom. The minimum absolute atomic E-state index is 0.293. The normalized spacial score (nSPS) is 12.2. The molecule has 0 unspecified atom stereocenters. The van der Waals surface area contributed by atoms with Crippen molar-refractivity contribution in [3.63, 3.8) is 0 Å². The van der Waals surface area contributed by atoms with Gasteiger partial charge in [-0.25, -0.2) is 0 Å². The lowest BCUT2D eigenvalue weighted by Crippen LogP contribution is -2.13. The van der Waals surface area contributed by atoms with Crippen LogP contribution in [0.2, 0.25) is 0 Å². The average molecular weight is 877 g/mol. The van der Waals surface area contributed by atoms with Crippen molar-refractivity contribution in [2.75, 3.05) is 41.7 Å². The van der Waals surface area contributed by atoms with Gasteiger partial charge in [0.2, 0.25) is 0 Å². The molecule has 0 saturated heterocycles. The van der Waals surface area contributed by atoms with Crippen LogP contribution in [-0.4, -0.2) is 41.7 Å². The summed E-state index contributed by atoms with van der Waals surface area (Å²) in [6, 6.07) is 23.2. The lowest BCUT2D eigenvalue weighted by atomic mass is 9.96. The van der Waals surface area contributed by atoms with E-state index in [1.54, 1.807) is 28.4 Å². The topological polar surface area (TPSA) is 126 Å². The number of hydrogen-bond donors (Lipinski definition) is 0. The SMILES string of the molecule is COc1cc(C)c2op(Oc3c(C)ccc4c3-c3c(ccc(C)c3Op3oc5c(C)cc(OC)cc5c5cc(OC)cc(C)c5o3)OCCO4)oc3c(C)cc(OC)cc3c2c1. The maximum absolute atomic E-state index is 7.01. The summed E-state index contributed by atoms with van der Waals surface area (Å²) in [5.74, 6) is 4.79. The molecule has 14 heteroatoms. The summed E-state index contributed by atoms with van der Waals surface area (Å²) in [6.45, 7) is 12.4. The number of methoxy groups -OCH3 is 4. The van der Waals surface area contributed by atoms with Crippen molar-refractivity contribution >= 4 is 60.4 Å². The van der Waals surface area contributed by atoms with Gasteiger partial charge < -0.3 is 54.3 Å². The smallest absolute Gasteiger partial charge is 0.453 e. The zero-order valence-electron chi connectivity index (χ0n) is 36.1. The number of rotatable bonds is 8. The second kappa shape index (κ2) is 16.4. The maximum atomic E-state index is 7.01. The summed E-state index contributed by atoms with van der Waals surface area (Å²) < 4.78 is 76.7. The van der Waals surface area contributed by atoms with E-state index in [0.717, 1.165) is 54.9 Å². The fourth-order valence-electron chi connectivity index (χ4n) is 7.87. The first kappa shape index (κ1) is 40.9. The summed E-state index contributed by atoms with van der Waals surface area (Å²) in [7, 11) is 2.28. The van der Waals surface area contributed by atoms with E-state index >= 15 is 0 Å². The number of benzene rings is 6. The standard InChI is InChI=1S/C48H46O12P2/c1-25-11-13-39-41(47(25)59-61-55-43-27(3)17-31(49-7)21-35(43)36-22-32(50-8)18-28(4)44(36)56-61)42-40(54-16-15-53-39)14-12-26(2)48(42)60-62-57-45-29(5)19-33(51-9)23-37(45)38-24-34(52-10)20-30(6)46(38)58-62/h11-14,17-24H,15-16H2,1-10H3. The number of aryl methyl sites for hydroxylation is 6. The Balaban J connectivity index is 1.29. The third-order valence-electron chi connectivity index (χ3n) is 11.0. The van der Waals surface area contributed by atoms with Crippen LogP contribution in [0.5, 0.6) is 46.0 Å². The molecule has 2 aromatic heterocycles. The van der Waals surface area contributed by atoms with Crippen LogP contribution in [0, 0.1) is 41.5 Å². The van der Waals surface area contributed by atoms with Crippen molar-refractivity contribution in [1.82, 2.24) is 0 Å². The van der Waals surface area contributed by atoms with Crippen LogP contribution in [-0.2, 0) is 0 Å². The van der Waals surface area contributed by atoms with Crippen LogP contribution in [0.1, 0.15) is 33.4 Å². The molecule has 0 fully saturated rings. The van der Waals surface area contributed by atoms with Gasteiger partial charge in [-0.3, -0.25) is 0 Å². The van der Waals surface area contributed by atoms with Crippen molar-refractivity contribution in [1.29, 1.82) is 0 Å². The minimum atomic E-state index is -2.14. The summed E-state index contributed by atoms with van der Waals surface area (Å²) in [4.78, 5) is 0. The Kier molecular flexibility index (Phi) is 10.8. The fraction of sp³-hybridized carbons (Fsp3) is 0.250. The molecule has 3 heterocycles. The van der Waals surface area contributed by atoms with E-state index in [1.165, 1.54) is 0 Å². The molecule has 0 bridgehead atoms. The summed E-state index contributed by atoms with van der Waals surface area (Å²) in [6.07, 6.45) is 0. The molecule has 9 rings (SSSR count). The van der Waals surface area contributed by atoms with Crippen molar-refractivity contribution in [3.05, 3.63) is 106 Å². The van der Waals surface area contributed by atoms with Crippen molar-refractivity contribution in [3.8, 4) is 57.1 Å². The molecule has 0 saturated carbocycles. The molecule has 0 N–H and O–H groups in total. The molecule has 62 heavy (non-hydrogen) atoms. The van der Waals surface area contributed by atoms with Gasteiger partial charge in [-0.1, -0.05) is 12.1 Å². The van der Waals surface area contributed by atoms with Crippen molar-refractivity contribution in [2.24, 2.45) is 0 Å². The highest BCUT2D eigenvalue weighted by Crippen LogP contribution is 2.55. The molecule has 0 atom stereocenters. The molecule has 0 radical (unpaired) electrons. The monoisotopic (exact) mass is 876 g/mol. The Labute approximate surface area is 360 Å². The predicted octanol–water partition coefficient (Wildman–Crippen LogP) is 13.9. The van der Waals surface area contributed by atoms with Crippen molar-refractivity contribution < 1.29 is 54.3 Å². The van der Waals surface area contributed by atoms with Gasteiger partial charge in [0, 0.05) is 21.5 Å². The molecule has 0 aliphatic carbocycles. The Morgan fingerprint density at radius 1 is 0.387 bits per heavy atom. The zero-order chi connectivity index (χ0) is 43.4. The van der Waals surface area contributed by atoms with E-state index in [0.29, 0.717) is 92.7 Å². The third-order valence-corrected chi connectivity index (χ3v) is 13.0. The van der Waals surface area contributed by atoms with Crippen LogP contribution in [0.25, 0.3) is 55.0 Å². The largest absolute Gasteiger partial charge is 0.497 e. The molecular formula is C48H46O12P2. The van der Waals surface area contributed by atoms with E-state index in [9.17, 15) is 0 Å². The molecule has 12 nitrogen and oxygen atoms in total. The van der Waals surface area contributed by atoms with E-state index in [4.69, 9.17) is 54.3 Å². The predicted molar refractivity (Wildman–Crippen MR) is 242 cm³/mol. The maximum Gasteiger partial charge on any atom is 0.453 e. The first-order chi connectivity index (χ1) is 30.0. The van der Waals surface area contributed by atoms with Gasteiger partial charge in [-0.05, 0) is 136 Å². The number of hydrogen-bond acceptors (Lipinski definition) is 12. The fourth-order valence-corrected chi connectivity index (χ4v) is 10.4. The lowest BCUT2D eigenvalue weighted by molar-refractivity contribution is 0.213. The highest BCUT2D eigenvalue weighted by molar-refractivity contribution is 7.32. The van der Waals surface area contributed by atoms with Crippen LogP contribution >= 0.6 is 16.5 Å². The Bertz CT molecular complexity index is 2810. The van der Waals surface area contributed by atoms with E-state index in [-0.39, 0.29) is 0 Å². The Hall–Kier alpha value is -6.48. The van der Waals surface area contributed by atoms with E-state index in [2.05, 4.69) is 0 Å². The first-order valence-corrected chi connectivity index (χ1v) is 22.1. The molecule has 320 valence electrons. The summed E-state index contributed by atoms with van der Waals surface area (Å²) >= 11 is 0. The first-order valence-electron chi connectivity index (χ1n) is 19.9. The average Bonchev–Trinajstić information content (AvgIpc) is 3.52. The van der Waals surface area contributed by atoms with Crippen molar-refractivity contribution in [2.45, 2.75) is 41.5 Å². The van der Waals surface area contributed by atoms with Crippen LogP contribution in [0.4, 0.5) is 0 Å². The van der Waals surface area contributed by atoms with Gasteiger partial charge in [0.25, 0.3) is 0 Å². The van der Waals surface area contributed by atoms with Crippen LogP contribution in [0.3, 0.4) is 0 Å². The molecule has 8 aromatic rings. The highest BCUT2D eigenvalue weighted by atomic mass is 31.1. The summed E-state index contributed by atoms with van der Waals surface area (Å²) in [5.41, 5.74) is 8.59. The second-order valence-corrected chi connectivity index (χ2v) is 17.1. The quantitative estimate of drug-likeness (QED) is 0.144. The molecule has 0 spiro atoms. The van der Waals surface area contributed by atoms with Gasteiger partial charge in [-0.2, -0.15) is 0 Å². The van der Waals surface area contributed by atoms with Gasteiger partial charge in [-0.15, -0.1) is 0 Å². The molecular weight excluding hydrogens is 830 g/mol. The second-order valence-electron chi connectivity index (χ2n) is 15.1. The highest BCUT2D eigenvalue weighted by Gasteiger charge is 2.30. The van der Waals surface area contributed by atoms with E-state index < -0.39 is 16.5 Å². The molecule has 1 aliphatic heterocycles. The summed E-state index contributed by atoms with van der Waals surface area (Å²) in [5, 5.41) is 3.16. The zero-order valence-corrected chi connectivity index (χ0v) is 37.9. The minimum Gasteiger partial charge on any atom is -0.497 e. The molecule has 0 amide bonds.